The Bertz CT molecular complexity index is 787. The van der Waals surface area contributed by atoms with Gasteiger partial charge < -0.3 is 20.1 Å². The second kappa shape index (κ2) is 7.79. The van der Waals surface area contributed by atoms with Crippen LogP contribution in [-0.2, 0) is 13.0 Å². The highest BCUT2D eigenvalue weighted by molar-refractivity contribution is 5.94. The van der Waals surface area contributed by atoms with Gasteiger partial charge in [-0.25, -0.2) is 0 Å². The minimum Gasteiger partial charge on any atom is -0.497 e. The second-order valence-electron chi connectivity index (χ2n) is 7.15. The van der Waals surface area contributed by atoms with Gasteiger partial charge >= 0.3 is 0 Å². The normalized spacial score (nSPS) is 14.4. The number of rotatable bonds is 7. The molecule has 3 rings (SSSR count). The lowest BCUT2D eigenvalue weighted by atomic mass is 10.0. The molecule has 0 aliphatic carbocycles. The third-order valence-corrected chi connectivity index (χ3v) is 4.38. The van der Waals surface area contributed by atoms with Crippen LogP contribution in [0.15, 0.2) is 42.5 Å². The van der Waals surface area contributed by atoms with Gasteiger partial charge in [-0.15, -0.1) is 0 Å². The molecule has 0 bridgehead atoms. The number of amides is 1. The van der Waals surface area contributed by atoms with Crippen LogP contribution in [-0.4, -0.2) is 31.7 Å². The third kappa shape index (κ3) is 4.55. The lowest BCUT2D eigenvalue weighted by molar-refractivity contribution is 0.0953. The van der Waals surface area contributed by atoms with Crippen molar-refractivity contribution in [2.24, 2.45) is 0 Å². The molecule has 0 fully saturated rings. The first-order valence-corrected chi connectivity index (χ1v) is 8.91. The number of fused-ring (bicyclic) bond motifs is 1. The van der Waals surface area contributed by atoms with Gasteiger partial charge in [-0.2, -0.15) is 0 Å². The van der Waals surface area contributed by atoms with Gasteiger partial charge in [-0.3, -0.25) is 4.79 Å². The fourth-order valence-corrected chi connectivity index (χ4v) is 3.14. The smallest absolute Gasteiger partial charge is 0.251 e. The maximum atomic E-state index is 12.1. The van der Waals surface area contributed by atoms with E-state index in [0.717, 1.165) is 18.7 Å². The van der Waals surface area contributed by atoms with E-state index < -0.39 is 0 Å². The van der Waals surface area contributed by atoms with Crippen molar-refractivity contribution in [3.05, 3.63) is 59.2 Å². The number of carbonyl (C=O) groups is 1. The number of methoxy groups -OCH3 is 1. The third-order valence-electron chi connectivity index (χ3n) is 4.38. The van der Waals surface area contributed by atoms with Crippen molar-refractivity contribution in [2.75, 3.05) is 20.2 Å². The molecule has 0 aromatic heterocycles. The Morgan fingerprint density at radius 2 is 2.04 bits per heavy atom. The number of hydrogen-bond acceptors (Lipinski definition) is 4. The molecule has 2 aromatic carbocycles. The van der Waals surface area contributed by atoms with Crippen LogP contribution in [0.2, 0.25) is 0 Å². The molecule has 0 spiro atoms. The van der Waals surface area contributed by atoms with Crippen LogP contribution in [0.1, 0.15) is 35.3 Å². The van der Waals surface area contributed by atoms with Crippen molar-refractivity contribution in [3.63, 3.8) is 0 Å². The van der Waals surface area contributed by atoms with Crippen molar-refractivity contribution in [3.8, 4) is 11.5 Å². The molecule has 0 atom stereocenters. The summed E-state index contributed by atoms with van der Waals surface area (Å²) in [6, 6.07) is 13.5. The van der Waals surface area contributed by atoms with E-state index in [2.05, 4.69) is 36.6 Å². The fraction of sp³-hybridized carbons (Fsp3) is 0.381. The van der Waals surface area contributed by atoms with Crippen LogP contribution in [0.4, 0.5) is 0 Å². The number of hydrogen-bond donors (Lipinski definition) is 2. The monoisotopic (exact) mass is 354 g/mol. The Morgan fingerprint density at radius 3 is 2.85 bits per heavy atom. The molecular weight excluding hydrogens is 328 g/mol. The van der Waals surface area contributed by atoms with E-state index in [-0.39, 0.29) is 11.5 Å². The summed E-state index contributed by atoms with van der Waals surface area (Å²) in [5, 5.41) is 6.27. The molecule has 0 radical (unpaired) electrons. The van der Waals surface area contributed by atoms with E-state index in [0.29, 0.717) is 24.4 Å². The topological polar surface area (TPSA) is 59.6 Å². The number of benzene rings is 2. The maximum absolute atomic E-state index is 12.1. The first kappa shape index (κ1) is 18.3. The predicted octanol–water partition coefficient (Wildman–Crippen LogP) is 2.93. The van der Waals surface area contributed by atoms with Gasteiger partial charge in [0, 0.05) is 31.6 Å². The van der Waals surface area contributed by atoms with Gasteiger partial charge in [0.15, 0.2) is 0 Å². The van der Waals surface area contributed by atoms with Crippen molar-refractivity contribution in [1.29, 1.82) is 0 Å². The largest absolute Gasteiger partial charge is 0.497 e. The Labute approximate surface area is 154 Å². The Kier molecular flexibility index (Phi) is 5.47. The van der Waals surface area contributed by atoms with Crippen LogP contribution < -0.4 is 20.1 Å². The first-order chi connectivity index (χ1) is 12.5. The van der Waals surface area contributed by atoms with E-state index in [1.165, 1.54) is 11.1 Å². The number of nitrogens with one attached hydrogen (secondary N) is 2. The molecule has 5 nitrogen and oxygen atoms in total. The predicted molar refractivity (Wildman–Crippen MR) is 102 cm³/mol. The molecule has 5 heteroatoms. The lowest BCUT2D eigenvalue weighted by Crippen LogP contribution is -2.31. The quantitative estimate of drug-likeness (QED) is 0.751. The minimum absolute atomic E-state index is 0.0948. The van der Waals surface area contributed by atoms with Crippen LogP contribution in [0.25, 0.3) is 0 Å². The first-order valence-electron chi connectivity index (χ1n) is 8.91. The van der Waals surface area contributed by atoms with Gasteiger partial charge in [0.2, 0.25) is 0 Å². The highest BCUT2D eigenvalue weighted by atomic mass is 16.5. The molecule has 0 saturated carbocycles. The molecule has 1 aliphatic heterocycles. The molecule has 0 unspecified atom stereocenters. The maximum Gasteiger partial charge on any atom is 0.251 e. The van der Waals surface area contributed by atoms with Gasteiger partial charge in [0.1, 0.15) is 17.1 Å². The summed E-state index contributed by atoms with van der Waals surface area (Å²) in [6.07, 6.45) is 0.937. The van der Waals surface area contributed by atoms with Crippen LogP contribution >= 0.6 is 0 Å². The fourth-order valence-electron chi connectivity index (χ4n) is 3.14. The van der Waals surface area contributed by atoms with E-state index >= 15 is 0 Å². The molecule has 2 N–H and O–H groups in total. The summed E-state index contributed by atoms with van der Waals surface area (Å²) < 4.78 is 11.0. The zero-order valence-electron chi connectivity index (χ0n) is 15.6. The summed E-state index contributed by atoms with van der Waals surface area (Å²) >= 11 is 0. The lowest BCUT2D eigenvalue weighted by Gasteiger charge is -2.16. The molecule has 1 aliphatic rings. The summed E-state index contributed by atoms with van der Waals surface area (Å²) in [6.45, 7) is 6.25. The molecule has 1 heterocycles. The van der Waals surface area contributed by atoms with E-state index in [9.17, 15) is 4.79 Å². The highest BCUT2D eigenvalue weighted by Gasteiger charge is 2.29. The Morgan fingerprint density at radius 1 is 1.19 bits per heavy atom. The second-order valence-corrected chi connectivity index (χ2v) is 7.15. The minimum atomic E-state index is -0.112. The summed E-state index contributed by atoms with van der Waals surface area (Å²) in [5.41, 5.74) is 2.98. The zero-order valence-corrected chi connectivity index (χ0v) is 15.6. The summed E-state index contributed by atoms with van der Waals surface area (Å²) in [4.78, 5) is 12.1. The number of ether oxygens (including phenoxy) is 2. The molecular formula is C21H26N2O3. The summed E-state index contributed by atoms with van der Waals surface area (Å²) in [5.74, 6) is 1.58. The van der Waals surface area contributed by atoms with Gasteiger partial charge in [0.05, 0.1) is 7.11 Å². The van der Waals surface area contributed by atoms with Crippen LogP contribution in [0, 0.1) is 0 Å². The van der Waals surface area contributed by atoms with E-state index in [4.69, 9.17) is 9.47 Å². The molecule has 2 aromatic rings. The Hall–Kier alpha value is -2.53. The molecule has 26 heavy (non-hydrogen) atoms. The average Bonchev–Trinajstić information content (AvgIpc) is 2.94. The van der Waals surface area contributed by atoms with E-state index in [1.54, 1.807) is 19.2 Å². The zero-order chi connectivity index (χ0) is 18.6. The average molecular weight is 354 g/mol. The standard InChI is InChI=1S/C21H26N2O3/c1-21(2)13-17-11-15(7-8-19(17)26-21)14-22-9-10-23-20(24)16-5-4-6-18(12-16)25-3/h4-8,11-12,22H,9-10,13-14H2,1-3H3,(H,23,24). The summed E-state index contributed by atoms with van der Waals surface area (Å²) in [7, 11) is 1.59. The van der Waals surface area contributed by atoms with Crippen molar-refractivity contribution in [1.82, 2.24) is 10.6 Å². The molecule has 138 valence electrons. The van der Waals surface area contributed by atoms with Crippen molar-refractivity contribution < 1.29 is 14.3 Å². The van der Waals surface area contributed by atoms with Gasteiger partial charge in [-0.1, -0.05) is 18.2 Å². The number of carbonyl (C=O) groups excluding carboxylic acids is 1. The Balaban J connectivity index is 1.42. The molecule has 1 amide bonds. The van der Waals surface area contributed by atoms with Crippen LogP contribution in [0.5, 0.6) is 11.5 Å². The van der Waals surface area contributed by atoms with E-state index in [1.807, 2.05) is 18.2 Å². The highest BCUT2D eigenvalue weighted by Crippen LogP contribution is 2.35. The molecule has 0 saturated heterocycles. The van der Waals surface area contributed by atoms with Gasteiger partial charge in [-0.05, 0) is 49.2 Å². The van der Waals surface area contributed by atoms with Gasteiger partial charge in [0.25, 0.3) is 5.91 Å². The van der Waals surface area contributed by atoms with Crippen LogP contribution in [0.3, 0.4) is 0 Å². The van der Waals surface area contributed by atoms with Crippen molar-refractivity contribution in [2.45, 2.75) is 32.4 Å². The van der Waals surface area contributed by atoms with Crippen molar-refractivity contribution >= 4 is 5.91 Å². The SMILES string of the molecule is COc1cccc(C(=O)NCCNCc2ccc3c(c2)CC(C)(C)O3)c1.